The predicted molar refractivity (Wildman–Crippen MR) is 63.5 cm³/mol. The zero-order chi connectivity index (χ0) is 11.3. The summed E-state index contributed by atoms with van der Waals surface area (Å²) in [6, 6.07) is 0. The molecule has 0 spiro atoms. The molecule has 1 atom stereocenters. The van der Waals surface area contributed by atoms with Gasteiger partial charge < -0.3 is 10.8 Å². The van der Waals surface area contributed by atoms with Crippen LogP contribution in [0.2, 0.25) is 0 Å². The van der Waals surface area contributed by atoms with Crippen molar-refractivity contribution in [2.75, 3.05) is 6.54 Å². The second kappa shape index (κ2) is 5.63. The number of rotatable bonds is 6. The van der Waals surface area contributed by atoms with E-state index in [1.165, 1.54) is 0 Å². The molecule has 5 heteroatoms. The number of aliphatic hydroxyl groups is 1. The van der Waals surface area contributed by atoms with Crippen molar-refractivity contribution in [2.45, 2.75) is 38.3 Å². The Labute approximate surface area is 98.6 Å². The summed E-state index contributed by atoms with van der Waals surface area (Å²) < 4.78 is 2.89. The van der Waals surface area contributed by atoms with Crippen molar-refractivity contribution in [1.82, 2.24) is 9.78 Å². The molecule has 1 aromatic heterocycles. The third kappa shape index (κ3) is 4.77. The van der Waals surface area contributed by atoms with E-state index in [1.54, 1.807) is 13.1 Å². The highest BCUT2D eigenvalue weighted by Gasteiger charge is 2.16. The predicted octanol–water partition coefficient (Wildman–Crippen LogP) is 1.53. The lowest BCUT2D eigenvalue weighted by atomic mass is 9.99. The Morgan fingerprint density at radius 1 is 1.60 bits per heavy atom. The first-order valence-corrected chi connectivity index (χ1v) is 5.93. The zero-order valence-electron chi connectivity index (χ0n) is 8.99. The molecular weight excluding hydrogens is 258 g/mol. The molecule has 0 saturated heterocycles. The molecule has 0 aliphatic carbocycles. The molecule has 3 N–H and O–H groups in total. The number of nitrogens with two attached hydrogens (primary N) is 1. The first-order chi connectivity index (χ1) is 7.03. The highest BCUT2D eigenvalue weighted by atomic mass is 79.9. The van der Waals surface area contributed by atoms with E-state index in [9.17, 15) is 5.11 Å². The van der Waals surface area contributed by atoms with Crippen molar-refractivity contribution < 1.29 is 5.11 Å². The number of aryl methyl sites for hydroxylation is 1. The Morgan fingerprint density at radius 3 is 2.87 bits per heavy atom. The molecule has 1 aromatic rings. The SMILES string of the molecule is CC(O)(CN)CCCCn1cc(Br)cn1. The van der Waals surface area contributed by atoms with E-state index in [-0.39, 0.29) is 0 Å². The van der Waals surface area contributed by atoms with Gasteiger partial charge in [-0.2, -0.15) is 5.10 Å². The van der Waals surface area contributed by atoms with Crippen LogP contribution < -0.4 is 5.73 Å². The summed E-state index contributed by atoms with van der Waals surface area (Å²) in [5.74, 6) is 0. The van der Waals surface area contributed by atoms with Gasteiger partial charge in [-0.15, -0.1) is 0 Å². The van der Waals surface area contributed by atoms with Gasteiger partial charge in [0.1, 0.15) is 0 Å². The summed E-state index contributed by atoms with van der Waals surface area (Å²) in [5.41, 5.74) is 4.71. The smallest absolute Gasteiger partial charge is 0.0741 e. The van der Waals surface area contributed by atoms with Crippen molar-refractivity contribution in [3.63, 3.8) is 0 Å². The van der Waals surface area contributed by atoms with Gasteiger partial charge in [0, 0.05) is 19.3 Å². The highest BCUT2D eigenvalue weighted by molar-refractivity contribution is 9.10. The van der Waals surface area contributed by atoms with Crippen molar-refractivity contribution >= 4 is 15.9 Å². The van der Waals surface area contributed by atoms with Crippen LogP contribution in [0.1, 0.15) is 26.2 Å². The largest absolute Gasteiger partial charge is 0.389 e. The maximum atomic E-state index is 9.67. The van der Waals surface area contributed by atoms with E-state index in [0.29, 0.717) is 6.54 Å². The molecular formula is C10H18BrN3O. The van der Waals surface area contributed by atoms with Crippen LogP contribution >= 0.6 is 15.9 Å². The van der Waals surface area contributed by atoms with Gasteiger partial charge in [-0.3, -0.25) is 4.68 Å². The minimum Gasteiger partial charge on any atom is -0.389 e. The quantitative estimate of drug-likeness (QED) is 0.774. The van der Waals surface area contributed by atoms with Crippen molar-refractivity contribution in [1.29, 1.82) is 0 Å². The van der Waals surface area contributed by atoms with E-state index in [4.69, 9.17) is 5.73 Å². The van der Waals surface area contributed by atoms with Gasteiger partial charge in [-0.05, 0) is 42.1 Å². The van der Waals surface area contributed by atoms with E-state index >= 15 is 0 Å². The van der Waals surface area contributed by atoms with E-state index in [2.05, 4.69) is 21.0 Å². The minimum atomic E-state index is -0.718. The molecule has 0 bridgehead atoms. The summed E-state index contributed by atoms with van der Waals surface area (Å²) in [6.07, 6.45) is 6.43. The molecule has 86 valence electrons. The average molecular weight is 276 g/mol. The summed E-state index contributed by atoms with van der Waals surface area (Å²) in [5, 5.41) is 13.8. The van der Waals surface area contributed by atoms with Crippen LogP contribution in [0.3, 0.4) is 0 Å². The molecule has 0 saturated carbocycles. The van der Waals surface area contributed by atoms with Crippen LogP contribution in [0.15, 0.2) is 16.9 Å². The van der Waals surface area contributed by atoms with Crippen molar-refractivity contribution in [3.05, 3.63) is 16.9 Å². The summed E-state index contributed by atoms with van der Waals surface area (Å²) in [6.45, 7) is 2.98. The highest BCUT2D eigenvalue weighted by Crippen LogP contribution is 2.13. The lowest BCUT2D eigenvalue weighted by molar-refractivity contribution is 0.0569. The Kier molecular flexibility index (Phi) is 4.76. The van der Waals surface area contributed by atoms with Gasteiger partial charge in [-0.25, -0.2) is 0 Å². The molecule has 0 aliphatic rings. The molecule has 0 radical (unpaired) electrons. The third-order valence-electron chi connectivity index (χ3n) is 2.39. The number of aromatic nitrogens is 2. The molecule has 0 aromatic carbocycles. The van der Waals surface area contributed by atoms with Crippen LogP contribution in [0.4, 0.5) is 0 Å². The molecule has 1 rings (SSSR count). The maximum absolute atomic E-state index is 9.67. The molecule has 1 heterocycles. The molecule has 0 aliphatic heterocycles. The van der Waals surface area contributed by atoms with Gasteiger partial charge in [-0.1, -0.05) is 0 Å². The Balaban J connectivity index is 2.17. The van der Waals surface area contributed by atoms with Crippen molar-refractivity contribution in [2.24, 2.45) is 5.73 Å². The summed E-state index contributed by atoms with van der Waals surface area (Å²) in [4.78, 5) is 0. The zero-order valence-corrected chi connectivity index (χ0v) is 10.6. The Hall–Kier alpha value is -0.390. The van der Waals surface area contributed by atoms with Crippen LogP contribution in [0.5, 0.6) is 0 Å². The fourth-order valence-electron chi connectivity index (χ4n) is 1.34. The summed E-state index contributed by atoms with van der Waals surface area (Å²) >= 11 is 3.34. The number of unbranched alkanes of at least 4 members (excludes halogenated alkanes) is 1. The lowest BCUT2D eigenvalue weighted by Crippen LogP contribution is -2.33. The minimum absolute atomic E-state index is 0.320. The molecule has 4 nitrogen and oxygen atoms in total. The van der Waals surface area contributed by atoms with Crippen LogP contribution in [0.25, 0.3) is 0 Å². The van der Waals surface area contributed by atoms with E-state index < -0.39 is 5.60 Å². The van der Waals surface area contributed by atoms with Gasteiger partial charge in [0.25, 0.3) is 0 Å². The van der Waals surface area contributed by atoms with Gasteiger partial charge >= 0.3 is 0 Å². The maximum Gasteiger partial charge on any atom is 0.0741 e. The summed E-state index contributed by atoms with van der Waals surface area (Å²) in [7, 11) is 0. The fraction of sp³-hybridized carbons (Fsp3) is 0.700. The second-order valence-corrected chi connectivity index (χ2v) is 5.00. The third-order valence-corrected chi connectivity index (χ3v) is 2.80. The Bertz CT molecular complexity index is 299. The van der Waals surface area contributed by atoms with Crippen LogP contribution in [-0.4, -0.2) is 27.0 Å². The fourth-order valence-corrected chi connectivity index (χ4v) is 1.67. The Morgan fingerprint density at radius 2 is 2.33 bits per heavy atom. The van der Waals surface area contributed by atoms with Crippen LogP contribution in [0, 0.1) is 0 Å². The second-order valence-electron chi connectivity index (χ2n) is 4.08. The average Bonchev–Trinajstić information content (AvgIpc) is 2.59. The standard InChI is InChI=1S/C10H18BrN3O/c1-10(15,8-12)4-2-3-5-14-7-9(11)6-13-14/h6-7,15H,2-5,8,12H2,1H3. The van der Waals surface area contributed by atoms with Gasteiger partial charge in [0.15, 0.2) is 0 Å². The normalized spacial score (nSPS) is 15.2. The van der Waals surface area contributed by atoms with Crippen LogP contribution in [-0.2, 0) is 6.54 Å². The van der Waals surface area contributed by atoms with Gasteiger partial charge in [0.05, 0.1) is 16.3 Å². The topological polar surface area (TPSA) is 64.1 Å². The molecule has 0 fully saturated rings. The number of halogens is 1. The van der Waals surface area contributed by atoms with E-state index in [0.717, 1.165) is 30.3 Å². The first kappa shape index (κ1) is 12.7. The molecule has 1 unspecified atom stereocenters. The molecule has 0 amide bonds. The van der Waals surface area contributed by atoms with Gasteiger partial charge in [0.2, 0.25) is 0 Å². The number of hydrogen-bond acceptors (Lipinski definition) is 3. The number of hydrogen-bond donors (Lipinski definition) is 2. The lowest BCUT2D eigenvalue weighted by Gasteiger charge is -2.20. The van der Waals surface area contributed by atoms with Crippen molar-refractivity contribution in [3.8, 4) is 0 Å². The monoisotopic (exact) mass is 275 g/mol. The first-order valence-electron chi connectivity index (χ1n) is 5.14. The number of nitrogens with zero attached hydrogens (tertiary/aromatic N) is 2. The van der Waals surface area contributed by atoms with E-state index in [1.807, 2.05) is 10.9 Å². The molecule has 15 heavy (non-hydrogen) atoms.